The lowest BCUT2D eigenvalue weighted by Gasteiger charge is -2.42. The number of rotatable bonds is 8. The highest BCUT2D eigenvalue weighted by Crippen LogP contribution is 2.47. The third-order valence-corrected chi connectivity index (χ3v) is 6.38. The monoisotopic (exact) mass is 460 g/mol. The molecule has 3 aromatic rings. The van der Waals surface area contributed by atoms with Crippen LogP contribution in [0.4, 0.5) is 0 Å². The van der Waals surface area contributed by atoms with Gasteiger partial charge < -0.3 is 24.8 Å². The summed E-state index contributed by atoms with van der Waals surface area (Å²) in [6.45, 7) is 3.24. The molecule has 1 fully saturated rings. The van der Waals surface area contributed by atoms with Gasteiger partial charge in [-0.2, -0.15) is 0 Å². The zero-order valence-corrected chi connectivity index (χ0v) is 19.4. The van der Waals surface area contributed by atoms with Gasteiger partial charge in [0.25, 0.3) is 0 Å². The van der Waals surface area contributed by atoms with Gasteiger partial charge in [0.05, 0.1) is 18.8 Å². The Labute approximate surface area is 200 Å². The Morgan fingerprint density at radius 1 is 0.765 bits per heavy atom. The summed E-state index contributed by atoms with van der Waals surface area (Å²) in [7, 11) is 0. The summed E-state index contributed by atoms with van der Waals surface area (Å²) in [4.78, 5) is 0. The summed E-state index contributed by atoms with van der Waals surface area (Å²) in [5.74, 6) is 1.10. The average molecular weight is 461 g/mol. The van der Waals surface area contributed by atoms with E-state index < -0.39 is 0 Å². The van der Waals surface area contributed by atoms with Crippen LogP contribution < -0.4 is 0 Å². The van der Waals surface area contributed by atoms with E-state index in [1.807, 2.05) is 43.3 Å². The molecule has 1 heterocycles. The van der Waals surface area contributed by atoms with Crippen LogP contribution in [0.3, 0.4) is 0 Å². The van der Waals surface area contributed by atoms with Crippen molar-refractivity contribution in [3.8, 4) is 17.2 Å². The van der Waals surface area contributed by atoms with Crippen LogP contribution in [0.1, 0.15) is 48.7 Å². The van der Waals surface area contributed by atoms with E-state index in [-0.39, 0.29) is 41.3 Å². The summed E-state index contributed by atoms with van der Waals surface area (Å²) >= 11 is 0. The first-order valence-electron chi connectivity index (χ1n) is 11.8. The van der Waals surface area contributed by atoms with Crippen molar-refractivity contribution >= 4 is 6.08 Å². The normalized spacial score (nSPS) is 22.7. The van der Waals surface area contributed by atoms with E-state index in [4.69, 9.17) is 9.47 Å². The second-order valence-electron chi connectivity index (χ2n) is 8.81. The molecule has 0 unspecified atom stereocenters. The van der Waals surface area contributed by atoms with Crippen LogP contribution in [-0.4, -0.2) is 28.5 Å². The largest absolute Gasteiger partial charge is 0.508 e. The van der Waals surface area contributed by atoms with Gasteiger partial charge in [-0.3, -0.25) is 0 Å². The second-order valence-corrected chi connectivity index (χ2v) is 8.81. The zero-order valence-electron chi connectivity index (χ0n) is 19.4. The standard InChI is InChI=1S/C29H32O5/c1-2-33-19-24-18-23(5-3-4-20-6-12-25(30)13-7-20)28(21-8-14-26(31)15-9-21)34-29(24)22-10-16-27(32)17-11-22/h3-4,6-17,23-24,28-32H,2,5,18-19H2,1H3/t23-,24+,28+,29-/m1/s1. The van der Waals surface area contributed by atoms with Crippen molar-refractivity contribution in [3.63, 3.8) is 0 Å². The molecular formula is C29H32O5. The minimum atomic E-state index is -0.164. The fourth-order valence-corrected chi connectivity index (χ4v) is 4.65. The van der Waals surface area contributed by atoms with E-state index in [1.165, 1.54) is 0 Å². The highest BCUT2D eigenvalue weighted by molar-refractivity contribution is 5.50. The summed E-state index contributed by atoms with van der Waals surface area (Å²) < 4.78 is 12.6. The van der Waals surface area contributed by atoms with E-state index >= 15 is 0 Å². The molecule has 4 atom stereocenters. The van der Waals surface area contributed by atoms with Crippen molar-refractivity contribution < 1.29 is 24.8 Å². The highest BCUT2D eigenvalue weighted by Gasteiger charge is 2.39. The smallest absolute Gasteiger partial charge is 0.115 e. The molecule has 34 heavy (non-hydrogen) atoms. The number of benzene rings is 3. The third kappa shape index (κ3) is 5.99. The lowest BCUT2D eigenvalue weighted by atomic mass is 9.78. The predicted molar refractivity (Wildman–Crippen MR) is 133 cm³/mol. The van der Waals surface area contributed by atoms with Gasteiger partial charge in [-0.05, 0) is 78.8 Å². The number of phenols is 3. The Morgan fingerprint density at radius 3 is 1.79 bits per heavy atom. The molecule has 1 aliphatic rings. The second kappa shape index (κ2) is 11.2. The fraction of sp³-hybridized carbons (Fsp3) is 0.310. The van der Waals surface area contributed by atoms with Crippen LogP contribution in [0.25, 0.3) is 6.08 Å². The Morgan fingerprint density at radius 2 is 1.26 bits per heavy atom. The molecule has 5 heteroatoms. The van der Waals surface area contributed by atoms with Gasteiger partial charge in [0.15, 0.2) is 0 Å². The van der Waals surface area contributed by atoms with E-state index in [1.54, 1.807) is 36.4 Å². The van der Waals surface area contributed by atoms with Gasteiger partial charge in [0.2, 0.25) is 0 Å². The Bertz CT molecular complexity index is 1060. The molecular weight excluding hydrogens is 428 g/mol. The lowest BCUT2D eigenvalue weighted by molar-refractivity contribution is -0.135. The lowest BCUT2D eigenvalue weighted by Crippen LogP contribution is -2.34. The quantitative estimate of drug-likeness (QED) is 0.364. The Balaban J connectivity index is 1.61. The SMILES string of the molecule is CCOC[C@@H]1C[C@@H](CC=Cc2ccc(O)cc2)[C@H](c2ccc(O)cc2)O[C@@H]1c1ccc(O)cc1. The summed E-state index contributed by atoms with van der Waals surface area (Å²) in [6.07, 6.45) is 5.64. The van der Waals surface area contributed by atoms with Crippen LogP contribution in [0, 0.1) is 11.8 Å². The first-order valence-corrected chi connectivity index (χ1v) is 11.8. The van der Waals surface area contributed by atoms with Crippen molar-refractivity contribution in [3.05, 3.63) is 95.6 Å². The molecule has 0 saturated carbocycles. The van der Waals surface area contributed by atoms with E-state index in [9.17, 15) is 15.3 Å². The van der Waals surface area contributed by atoms with Crippen molar-refractivity contribution in [2.75, 3.05) is 13.2 Å². The minimum Gasteiger partial charge on any atom is -0.508 e. The maximum atomic E-state index is 9.79. The molecule has 0 aromatic heterocycles. The Hall–Kier alpha value is -3.28. The van der Waals surface area contributed by atoms with Crippen molar-refractivity contribution in [1.29, 1.82) is 0 Å². The maximum absolute atomic E-state index is 9.79. The van der Waals surface area contributed by atoms with Crippen LogP contribution in [0.2, 0.25) is 0 Å². The first-order chi connectivity index (χ1) is 16.5. The number of ether oxygens (including phenoxy) is 2. The molecule has 0 aliphatic carbocycles. The van der Waals surface area contributed by atoms with Crippen molar-refractivity contribution in [2.45, 2.75) is 32.0 Å². The minimum absolute atomic E-state index is 0.151. The number of phenolic OH excluding ortho intramolecular Hbond substituents is 3. The molecule has 4 rings (SSSR count). The maximum Gasteiger partial charge on any atom is 0.115 e. The topological polar surface area (TPSA) is 79.2 Å². The first kappa shape index (κ1) is 23.9. The van der Waals surface area contributed by atoms with Gasteiger partial charge in [-0.25, -0.2) is 0 Å². The van der Waals surface area contributed by atoms with Gasteiger partial charge in [0.1, 0.15) is 17.2 Å². The van der Waals surface area contributed by atoms with Crippen molar-refractivity contribution in [1.82, 2.24) is 0 Å². The highest BCUT2D eigenvalue weighted by atomic mass is 16.5. The third-order valence-electron chi connectivity index (χ3n) is 6.38. The molecule has 178 valence electrons. The molecule has 3 aromatic carbocycles. The summed E-state index contributed by atoms with van der Waals surface area (Å²) in [5.41, 5.74) is 3.08. The van der Waals surface area contributed by atoms with Crippen LogP contribution in [-0.2, 0) is 9.47 Å². The van der Waals surface area contributed by atoms with Gasteiger partial charge in [-0.15, -0.1) is 0 Å². The Kier molecular flexibility index (Phi) is 7.88. The molecule has 5 nitrogen and oxygen atoms in total. The zero-order chi connectivity index (χ0) is 23.9. The average Bonchev–Trinajstić information content (AvgIpc) is 2.85. The number of aromatic hydroxyl groups is 3. The number of allylic oxidation sites excluding steroid dienone is 1. The number of hydrogen-bond acceptors (Lipinski definition) is 5. The molecule has 1 saturated heterocycles. The predicted octanol–water partition coefficient (Wildman–Crippen LogP) is 6.38. The number of hydrogen-bond donors (Lipinski definition) is 3. The van der Waals surface area contributed by atoms with Crippen LogP contribution in [0.15, 0.2) is 78.9 Å². The molecule has 0 bridgehead atoms. The summed E-state index contributed by atoms with van der Waals surface area (Å²) in [6, 6.07) is 21.6. The summed E-state index contributed by atoms with van der Waals surface area (Å²) in [5, 5.41) is 29.1. The van der Waals surface area contributed by atoms with Crippen LogP contribution in [0.5, 0.6) is 17.2 Å². The van der Waals surface area contributed by atoms with E-state index in [2.05, 4.69) is 12.2 Å². The molecule has 0 radical (unpaired) electrons. The fourth-order valence-electron chi connectivity index (χ4n) is 4.65. The van der Waals surface area contributed by atoms with Gasteiger partial charge >= 0.3 is 0 Å². The van der Waals surface area contributed by atoms with Gasteiger partial charge in [-0.1, -0.05) is 48.6 Å². The molecule has 3 N–H and O–H groups in total. The van der Waals surface area contributed by atoms with Crippen molar-refractivity contribution in [2.24, 2.45) is 11.8 Å². The van der Waals surface area contributed by atoms with Crippen LogP contribution >= 0.6 is 0 Å². The molecule has 0 amide bonds. The van der Waals surface area contributed by atoms with E-state index in [0.29, 0.717) is 13.2 Å². The van der Waals surface area contributed by atoms with E-state index in [0.717, 1.165) is 29.5 Å². The molecule has 0 spiro atoms. The van der Waals surface area contributed by atoms with Gasteiger partial charge in [0, 0.05) is 12.5 Å². The molecule has 1 aliphatic heterocycles.